The van der Waals surface area contributed by atoms with E-state index in [1.807, 2.05) is 6.07 Å². The summed E-state index contributed by atoms with van der Waals surface area (Å²) in [5.41, 5.74) is 3.07. The number of benzene rings is 1. The number of nitriles is 1. The minimum atomic E-state index is 0.515. The fourth-order valence-electron chi connectivity index (χ4n) is 3.03. The van der Waals surface area contributed by atoms with Crippen molar-refractivity contribution in [3.63, 3.8) is 0 Å². The summed E-state index contributed by atoms with van der Waals surface area (Å²) in [5, 5.41) is 12.0. The van der Waals surface area contributed by atoms with E-state index in [0.29, 0.717) is 28.8 Å². The van der Waals surface area contributed by atoms with Gasteiger partial charge in [-0.1, -0.05) is 29.3 Å². The molecular formula is C18H14Cl2N4OS. The van der Waals surface area contributed by atoms with Gasteiger partial charge in [0.1, 0.15) is 11.1 Å². The number of ether oxygens (including phenoxy) is 1. The minimum Gasteiger partial charge on any atom is -0.378 e. The summed E-state index contributed by atoms with van der Waals surface area (Å²) in [4.78, 5) is 10.4. The van der Waals surface area contributed by atoms with E-state index in [2.05, 4.69) is 20.9 Å². The third kappa shape index (κ3) is 3.08. The molecule has 132 valence electrons. The molecule has 1 aliphatic heterocycles. The summed E-state index contributed by atoms with van der Waals surface area (Å²) in [7, 11) is 0. The normalized spacial score (nSPS) is 14.4. The molecule has 0 radical (unpaired) electrons. The molecule has 1 fully saturated rings. The van der Waals surface area contributed by atoms with Gasteiger partial charge in [0.25, 0.3) is 0 Å². The Balaban J connectivity index is 1.95. The second kappa shape index (κ2) is 7.29. The SMILES string of the molecule is N#Cc1c(N2CCOCC2)sc(-c2cnc[nH]2)c1-c1ccc(Cl)cc1Cl. The second-order valence-electron chi connectivity index (χ2n) is 5.79. The second-order valence-corrected chi connectivity index (χ2v) is 7.63. The highest BCUT2D eigenvalue weighted by molar-refractivity contribution is 7.20. The van der Waals surface area contributed by atoms with Crippen LogP contribution in [0.15, 0.2) is 30.7 Å². The number of rotatable bonds is 3. The van der Waals surface area contributed by atoms with E-state index in [1.165, 1.54) is 0 Å². The van der Waals surface area contributed by atoms with Gasteiger partial charge in [0, 0.05) is 34.3 Å². The van der Waals surface area contributed by atoms with Crippen LogP contribution >= 0.6 is 34.5 Å². The van der Waals surface area contributed by atoms with Crippen molar-refractivity contribution in [2.24, 2.45) is 0 Å². The van der Waals surface area contributed by atoms with Crippen molar-refractivity contribution in [2.75, 3.05) is 31.2 Å². The molecular weight excluding hydrogens is 391 g/mol. The van der Waals surface area contributed by atoms with Gasteiger partial charge in [-0.3, -0.25) is 0 Å². The molecule has 5 nitrogen and oxygen atoms in total. The first-order valence-electron chi connectivity index (χ1n) is 8.03. The molecule has 3 heterocycles. The Morgan fingerprint density at radius 1 is 1.27 bits per heavy atom. The van der Waals surface area contributed by atoms with E-state index in [0.717, 1.165) is 39.8 Å². The number of aromatic nitrogens is 2. The predicted octanol–water partition coefficient (Wildman–Crippen LogP) is 4.82. The summed E-state index contributed by atoms with van der Waals surface area (Å²) in [6, 6.07) is 7.73. The number of morpholine rings is 1. The van der Waals surface area contributed by atoms with Crippen LogP contribution in [0.4, 0.5) is 5.00 Å². The molecule has 2 aromatic heterocycles. The molecule has 0 aliphatic carbocycles. The molecule has 1 N–H and O–H groups in total. The van der Waals surface area contributed by atoms with Crippen molar-refractivity contribution < 1.29 is 4.74 Å². The maximum Gasteiger partial charge on any atom is 0.110 e. The Hall–Kier alpha value is -2.04. The fraction of sp³-hybridized carbons (Fsp3) is 0.222. The number of aromatic amines is 1. The Morgan fingerprint density at radius 2 is 2.08 bits per heavy atom. The number of H-pyrrole nitrogens is 1. The van der Waals surface area contributed by atoms with Crippen molar-refractivity contribution in [2.45, 2.75) is 0 Å². The predicted molar refractivity (Wildman–Crippen MR) is 105 cm³/mol. The standard InChI is InChI=1S/C18H14Cl2N4OS/c19-11-1-2-12(14(20)7-11)16-13(8-21)18(24-3-5-25-6-4-24)26-17(16)15-9-22-10-23-15/h1-2,7,9-10H,3-6H2,(H,22,23). The first-order chi connectivity index (χ1) is 12.7. The molecule has 4 rings (SSSR count). The third-order valence-electron chi connectivity index (χ3n) is 4.24. The molecule has 8 heteroatoms. The Bertz CT molecular complexity index is 972. The van der Waals surface area contributed by atoms with Crippen molar-refractivity contribution in [1.29, 1.82) is 5.26 Å². The number of imidazole rings is 1. The van der Waals surface area contributed by atoms with Gasteiger partial charge in [0.15, 0.2) is 0 Å². The van der Waals surface area contributed by atoms with Gasteiger partial charge in [-0.2, -0.15) is 5.26 Å². The van der Waals surface area contributed by atoms with Crippen LogP contribution < -0.4 is 4.90 Å². The lowest BCUT2D eigenvalue weighted by Crippen LogP contribution is -2.36. The molecule has 0 unspecified atom stereocenters. The average Bonchev–Trinajstić information content (AvgIpc) is 3.30. The van der Waals surface area contributed by atoms with Gasteiger partial charge < -0.3 is 14.6 Å². The monoisotopic (exact) mass is 404 g/mol. The van der Waals surface area contributed by atoms with E-state index in [-0.39, 0.29) is 0 Å². The van der Waals surface area contributed by atoms with Crippen LogP contribution in [0.2, 0.25) is 10.0 Å². The minimum absolute atomic E-state index is 0.515. The van der Waals surface area contributed by atoms with Crippen molar-refractivity contribution >= 4 is 39.5 Å². The van der Waals surface area contributed by atoms with E-state index >= 15 is 0 Å². The van der Waals surface area contributed by atoms with Crippen LogP contribution in [0.3, 0.4) is 0 Å². The number of hydrogen-bond acceptors (Lipinski definition) is 5. The summed E-state index contributed by atoms with van der Waals surface area (Å²) in [6.07, 6.45) is 3.38. The number of halogens is 2. The molecule has 0 saturated carbocycles. The molecule has 1 aromatic carbocycles. The number of thiophene rings is 1. The molecule has 1 aliphatic rings. The highest BCUT2D eigenvalue weighted by atomic mass is 35.5. The number of nitrogens with zero attached hydrogens (tertiary/aromatic N) is 3. The fourth-order valence-corrected chi connectivity index (χ4v) is 4.82. The van der Waals surface area contributed by atoms with E-state index < -0.39 is 0 Å². The summed E-state index contributed by atoms with van der Waals surface area (Å²) < 4.78 is 5.45. The first kappa shape index (κ1) is 17.4. The van der Waals surface area contributed by atoms with E-state index in [1.54, 1.807) is 36.0 Å². The Labute approximate surface area is 164 Å². The van der Waals surface area contributed by atoms with Crippen molar-refractivity contribution in [3.05, 3.63) is 46.3 Å². The lowest BCUT2D eigenvalue weighted by Gasteiger charge is -2.27. The van der Waals surface area contributed by atoms with Crippen LogP contribution in [0.25, 0.3) is 21.7 Å². The van der Waals surface area contributed by atoms with Crippen molar-refractivity contribution in [1.82, 2.24) is 9.97 Å². The quantitative estimate of drug-likeness (QED) is 0.679. The summed E-state index contributed by atoms with van der Waals surface area (Å²) >= 11 is 14.1. The smallest absolute Gasteiger partial charge is 0.110 e. The Morgan fingerprint density at radius 3 is 2.73 bits per heavy atom. The van der Waals surface area contributed by atoms with Gasteiger partial charge in [-0.05, 0) is 12.1 Å². The zero-order valence-corrected chi connectivity index (χ0v) is 16.0. The van der Waals surface area contributed by atoms with Crippen molar-refractivity contribution in [3.8, 4) is 27.8 Å². The van der Waals surface area contributed by atoms with E-state index in [9.17, 15) is 5.26 Å². The molecule has 1 saturated heterocycles. The van der Waals surface area contributed by atoms with Gasteiger partial charge >= 0.3 is 0 Å². The largest absolute Gasteiger partial charge is 0.378 e. The number of anilines is 1. The summed E-state index contributed by atoms with van der Waals surface area (Å²) in [5.74, 6) is 0. The maximum absolute atomic E-state index is 9.95. The number of hydrogen-bond donors (Lipinski definition) is 1. The van der Waals surface area contributed by atoms with Gasteiger partial charge in [-0.15, -0.1) is 11.3 Å². The van der Waals surface area contributed by atoms with Crippen LogP contribution in [-0.4, -0.2) is 36.3 Å². The lowest BCUT2D eigenvalue weighted by atomic mass is 10.0. The zero-order valence-electron chi connectivity index (χ0n) is 13.6. The topological polar surface area (TPSA) is 64.9 Å². The van der Waals surface area contributed by atoms with E-state index in [4.69, 9.17) is 27.9 Å². The van der Waals surface area contributed by atoms with Crippen LogP contribution in [0.1, 0.15) is 5.56 Å². The molecule has 0 amide bonds. The average molecular weight is 405 g/mol. The van der Waals surface area contributed by atoms with Crippen LogP contribution in [0.5, 0.6) is 0 Å². The summed E-state index contributed by atoms with van der Waals surface area (Å²) in [6.45, 7) is 2.81. The lowest BCUT2D eigenvalue weighted by molar-refractivity contribution is 0.123. The van der Waals surface area contributed by atoms with Crippen LogP contribution in [-0.2, 0) is 4.74 Å². The highest BCUT2D eigenvalue weighted by Gasteiger charge is 2.27. The van der Waals surface area contributed by atoms with Gasteiger partial charge in [0.2, 0.25) is 0 Å². The number of nitrogens with one attached hydrogen (secondary N) is 1. The van der Waals surface area contributed by atoms with Gasteiger partial charge in [-0.25, -0.2) is 4.98 Å². The first-order valence-corrected chi connectivity index (χ1v) is 9.60. The molecule has 3 aromatic rings. The zero-order chi connectivity index (χ0) is 18.1. The molecule has 26 heavy (non-hydrogen) atoms. The molecule has 0 bridgehead atoms. The molecule has 0 atom stereocenters. The maximum atomic E-state index is 9.95. The highest BCUT2D eigenvalue weighted by Crippen LogP contribution is 2.48. The van der Waals surface area contributed by atoms with Gasteiger partial charge in [0.05, 0.1) is 41.9 Å². The molecule has 0 spiro atoms. The van der Waals surface area contributed by atoms with Crippen LogP contribution in [0, 0.1) is 11.3 Å². The third-order valence-corrected chi connectivity index (χ3v) is 6.07. The Kier molecular flexibility index (Phi) is 4.88.